The summed E-state index contributed by atoms with van der Waals surface area (Å²) in [4.78, 5) is 10.7. The molecule has 0 aromatic carbocycles. The van der Waals surface area contributed by atoms with Crippen LogP contribution in [0.25, 0.3) is 0 Å². The van der Waals surface area contributed by atoms with Crippen molar-refractivity contribution in [2.24, 2.45) is 17.8 Å². The van der Waals surface area contributed by atoms with Crippen LogP contribution in [0, 0.1) is 17.8 Å². The number of carbonyl (C=O) groups is 1. The first-order valence-electron chi connectivity index (χ1n) is 10.4. The molecule has 0 saturated heterocycles. The number of hydrogen-bond acceptors (Lipinski definition) is 4. The lowest BCUT2D eigenvalue weighted by Crippen LogP contribution is -2.37. The van der Waals surface area contributed by atoms with Gasteiger partial charge in [-0.3, -0.25) is 0 Å². The third kappa shape index (κ3) is 8.19. The van der Waals surface area contributed by atoms with Gasteiger partial charge in [0.1, 0.15) is 0 Å². The van der Waals surface area contributed by atoms with Crippen molar-refractivity contribution in [2.75, 3.05) is 6.61 Å². The van der Waals surface area contributed by atoms with E-state index in [0.717, 1.165) is 38.5 Å². The van der Waals surface area contributed by atoms with Crippen molar-refractivity contribution in [3.8, 4) is 0 Å². The van der Waals surface area contributed by atoms with Gasteiger partial charge in [-0.15, -0.1) is 0 Å². The molecule has 0 heterocycles. The van der Waals surface area contributed by atoms with Crippen molar-refractivity contribution in [1.82, 2.24) is 0 Å². The summed E-state index contributed by atoms with van der Waals surface area (Å²) in [6.45, 7) is 2.46. The number of unbranched alkanes of at least 4 members (excludes halogenated alkanes) is 6. The summed E-state index contributed by atoms with van der Waals surface area (Å²) in [5.74, 6) is -2.80. The molecule has 0 aromatic rings. The molecule has 3 atom stereocenters. The normalized spacial score (nSPS) is 23.8. The highest BCUT2D eigenvalue weighted by Crippen LogP contribution is 2.40. The molecule has 1 aliphatic carbocycles. The Bertz CT molecular complexity index is 419. The second-order valence-corrected chi connectivity index (χ2v) is 7.86. The van der Waals surface area contributed by atoms with E-state index < -0.39 is 11.8 Å². The Morgan fingerprint density at radius 3 is 2.38 bits per heavy atom. The number of hydrogen-bond donors (Lipinski definition) is 4. The SMILES string of the molecule is CCCCCCC=C[C@@H]1[C@@H](CCCCCC(O)(O)C(=O)O)CC[C@H]1CO. The zero-order valence-corrected chi connectivity index (χ0v) is 16.3. The summed E-state index contributed by atoms with van der Waals surface area (Å²) in [6.07, 6.45) is 16.2. The number of aliphatic carboxylic acids is 1. The van der Waals surface area contributed by atoms with Gasteiger partial charge in [0.2, 0.25) is 0 Å². The maximum absolute atomic E-state index is 10.7. The molecule has 0 radical (unpaired) electrons. The van der Waals surface area contributed by atoms with Crippen LogP contribution >= 0.6 is 0 Å². The van der Waals surface area contributed by atoms with E-state index in [1.165, 1.54) is 25.7 Å². The standard InChI is InChI=1S/C21H38O5/c1-2-3-4-5-6-9-12-19-17(13-14-18(19)16-22)11-8-7-10-15-21(25,26)20(23)24/h9,12,17-19,22,25-26H,2-8,10-11,13-16H2,1H3,(H,23,24)/t17-,18-,19+/m0/s1. The minimum Gasteiger partial charge on any atom is -0.477 e. The van der Waals surface area contributed by atoms with Crippen molar-refractivity contribution in [2.45, 2.75) is 89.8 Å². The molecular weight excluding hydrogens is 332 g/mol. The molecule has 1 fully saturated rings. The molecule has 0 aliphatic heterocycles. The first kappa shape index (κ1) is 23.1. The highest BCUT2D eigenvalue weighted by Gasteiger charge is 2.34. The first-order valence-corrected chi connectivity index (χ1v) is 10.4. The van der Waals surface area contributed by atoms with Gasteiger partial charge in [0.25, 0.3) is 5.79 Å². The molecule has 0 spiro atoms. The number of carboxylic acid groups (broad SMARTS) is 1. The van der Waals surface area contributed by atoms with Crippen molar-refractivity contribution >= 4 is 5.97 Å². The molecule has 5 nitrogen and oxygen atoms in total. The Labute approximate surface area is 158 Å². The van der Waals surface area contributed by atoms with Gasteiger partial charge in [-0.2, -0.15) is 0 Å². The first-order chi connectivity index (χ1) is 12.4. The van der Waals surface area contributed by atoms with E-state index in [1.54, 1.807) is 0 Å². The van der Waals surface area contributed by atoms with E-state index in [0.29, 0.717) is 24.2 Å². The van der Waals surface area contributed by atoms with Crippen LogP contribution in [0.15, 0.2) is 12.2 Å². The summed E-state index contributed by atoms with van der Waals surface area (Å²) in [7, 11) is 0. The Balaban J connectivity index is 2.32. The molecule has 152 valence electrons. The average Bonchev–Trinajstić information content (AvgIpc) is 2.99. The lowest BCUT2D eigenvalue weighted by Gasteiger charge is -2.21. The highest BCUT2D eigenvalue weighted by molar-refractivity contribution is 5.74. The second kappa shape index (κ2) is 12.5. The van der Waals surface area contributed by atoms with E-state index in [1.807, 2.05) is 0 Å². The Kier molecular flexibility index (Phi) is 11.1. The van der Waals surface area contributed by atoms with Crippen molar-refractivity contribution < 1.29 is 25.2 Å². The number of rotatable bonds is 14. The molecule has 0 unspecified atom stereocenters. The van der Waals surface area contributed by atoms with E-state index in [-0.39, 0.29) is 13.0 Å². The minimum atomic E-state index is -2.60. The fraction of sp³-hybridized carbons (Fsp3) is 0.857. The van der Waals surface area contributed by atoms with E-state index in [2.05, 4.69) is 19.1 Å². The summed E-state index contributed by atoms with van der Waals surface area (Å²) in [5.41, 5.74) is 0. The molecule has 1 rings (SSSR count). The lowest BCUT2D eigenvalue weighted by atomic mass is 9.85. The van der Waals surface area contributed by atoms with Crippen LogP contribution < -0.4 is 0 Å². The number of carboxylic acids is 1. The maximum atomic E-state index is 10.7. The van der Waals surface area contributed by atoms with Gasteiger partial charge in [0.15, 0.2) is 0 Å². The van der Waals surface area contributed by atoms with Crippen LogP contribution in [0.5, 0.6) is 0 Å². The molecule has 4 N–H and O–H groups in total. The van der Waals surface area contributed by atoms with Crippen LogP contribution in [-0.2, 0) is 4.79 Å². The summed E-state index contributed by atoms with van der Waals surface area (Å²) in [6, 6.07) is 0. The zero-order chi connectivity index (χ0) is 19.4. The molecule has 0 amide bonds. The summed E-state index contributed by atoms with van der Waals surface area (Å²) in [5, 5.41) is 36.9. The second-order valence-electron chi connectivity index (χ2n) is 7.86. The van der Waals surface area contributed by atoms with Crippen LogP contribution in [-0.4, -0.2) is 38.8 Å². The summed E-state index contributed by atoms with van der Waals surface area (Å²) < 4.78 is 0. The lowest BCUT2D eigenvalue weighted by molar-refractivity contribution is -0.205. The topological polar surface area (TPSA) is 98.0 Å². The fourth-order valence-corrected chi connectivity index (χ4v) is 4.07. The quantitative estimate of drug-likeness (QED) is 0.211. The van der Waals surface area contributed by atoms with Crippen LogP contribution in [0.1, 0.15) is 84.0 Å². The van der Waals surface area contributed by atoms with Gasteiger partial charge in [0.05, 0.1) is 0 Å². The fourth-order valence-electron chi connectivity index (χ4n) is 4.07. The monoisotopic (exact) mass is 370 g/mol. The van der Waals surface area contributed by atoms with Crippen LogP contribution in [0.3, 0.4) is 0 Å². The molecule has 5 heteroatoms. The van der Waals surface area contributed by atoms with Gasteiger partial charge >= 0.3 is 5.97 Å². The van der Waals surface area contributed by atoms with Crippen molar-refractivity contribution in [3.63, 3.8) is 0 Å². The van der Waals surface area contributed by atoms with Crippen molar-refractivity contribution in [3.05, 3.63) is 12.2 Å². The summed E-state index contributed by atoms with van der Waals surface area (Å²) >= 11 is 0. The average molecular weight is 371 g/mol. The predicted octanol–water partition coefficient (Wildman–Crippen LogP) is 3.86. The van der Waals surface area contributed by atoms with Gasteiger partial charge in [0, 0.05) is 13.0 Å². The highest BCUT2D eigenvalue weighted by atomic mass is 16.5. The third-order valence-corrected chi connectivity index (χ3v) is 5.76. The van der Waals surface area contributed by atoms with Crippen LogP contribution in [0.2, 0.25) is 0 Å². The van der Waals surface area contributed by atoms with Crippen molar-refractivity contribution in [1.29, 1.82) is 0 Å². The molecule has 26 heavy (non-hydrogen) atoms. The smallest absolute Gasteiger partial charge is 0.364 e. The number of aliphatic hydroxyl groups excluding tert-OH is 1. The van der Waals surface area contributed by atoms with E-state index in [9.17, 15) is 20.1 Å². The van der Waals surface area contributed by atoms with Gasteiger partial charge in [-0.05, 0) is 56.3 Å². The molecule has 0 aromatic heterocycles. The van der Waals surface area contributed by atoms with Gasteiger partial charge < -0.3 is 20.4 Å². The molecular formula is C21H38O5. The van der Waals surface area contributed by atoms with E-state index >= 15 is 0 Å². The zero-order valence-electron chi connectivity index (χ0n) is 16.3. The van der Waals surface area contributed by atoms with Gasteiger partial charge in [-0.25, -0.2) is 4.79 Å². The van der Waals surface area contributed by atoms with E-state index in [4.69, 9.17) is 5.11 Å². The number of aliphatic hydroxyl groups is 3. The Morgan fingerprint density at radius 2 is 1.73 bits per heavy atom. The molecule has 0 bridgehead atoms. The molecule has 1 saturated carbocycles. The van der Waals surface area contributed by atoms with Crippen LogP contribution in [0.4, 0.5) is 0 Å². The number of allylic oxidation sites excluding steroid dienone is 2. The van der Waals surface area contributed by atoms with Gasteiger partial charge in [-0.1, -0.05) is 51.2 Å². The molecule has 1 aliphatic rings. The Morgan fingerprint density at radius 1 is 1.04 bits per heavy atom. The minimum absolute atomic E-state index is 0.132. The largest absolute Gasteiger partial charge is 0.477 e. The maximum Gasteiger partial charge on any atom is 0.364 e. The predicted molar refractivity (Wildman–Crippen MR) is 103 cm³/mol. The Hall–Kier alpha value is -0.910. The third-order valence-electron chi connectivity index (χ3n) is 5.76.